The third-order valence-electron chi connectivity index (χ3n) is 2.93. The van der Waals surface area contributed by atoms with Crippen LogP contribution in [0.3, 0.4) is 0 Å². The van der Waals surface area contributed by atoms with Gasteiger partial charge in [0, 0.05) is 18.9 Å². The van der Waals surface area contributed by atoms with Crippen LogP contribution in [-0.4, -0.2) is 37.6 Å². The highest BCUT2D eigenvalue weighted by Gasteiger charge is 2.30. The summed E-state index contributed by atoms with van der Waals surface area (Å²) in [5.74, 6) is 0.522. The van der Waals surface area contributed by atoms with E-state index in [2.05, 4.69) is 19.0 Å². The van der Waals surface area contributed by atoms with E-state index in [9.17, 15) is 4.79 Å². The van der Waals surface area contributed by atoms with Gasteiger partial charge in [0.25, 0.3) is 0 Å². The number of carbonyl (C=O) groups is 1. The minimum absolute atomic E-state index is 0.0202. The van der Waals surface area contributed by atoms with Crippen LogP contribution in [0.2, 0.25) is 0 Å². The number of nitrogens with zero attached hydrogens (tertiary/aromatic N) is 1. The molecule has 0 spiro atoms. The van der Waals surface area contributed by atoms with Crippen molar-refractivity contribution in [3.05, 3.63) is 0 Å². The molecule has 1 saturated carbocycles. The molecule has 0 radical (unpaired) electrons. The summed E-state index contributed by atoms with van der Waals surface area (Å²) >= 11 is 0. The molecule has 1 aliphatic rings. The molecule has 0 N–H and O–H groups in total. The Hall–Kier alpha value is -0.570. The molecule has 2 atom stereocenters. The van der Waals surface area contributed by atoms with Crippen LogP contribution in [-0.2, 0) is 9.53 Å². The molecule has 0 aromatic carbocycles. The summed E-state index contributed by atoms with van der Waals surface area (Å²) in [5.41, 5.74) is 0. The van der Waals surface area contributed by atoms with Gasteiger partial charge in [0.1, 0.15) is 6.10 Å². The molecular formula is C12H23NO2. The predicted octanol–water partition coefficient (Wildman–Crippen LogP) is 2.06. The molecule has 0 heterocycles. The number of ether oxygens (including phenoxy) is 1. The normalized spacial score (nSPS) is 25.9. The van der Waals surface area contributed by atoms with Crippen molar-refractivity contribution in [2.24, 2.45) is 5.92 Å². The minimum Gasteiger partial charge on any atom is -0.462 e. The summed E-state index contributed by atoms with van der Waals surface area (Å²) in [6, 6.07) is 0. The number of rotatable bonds is 5. The standard InChI is InChI=1S/C12H23NO2/c1-4-6-12(14)15-11-8-5-7-10(11)9-13(2)3/h10-11H,4-9H2,1-3H3/t10-,11+/m0/s1. The Morgan fingerprint density at radius 2 is 2.13 bits per heavy atom. The molecule has 88 valence electrons. The topological polar surface area (TPSA) is 29.5 Å². The highest BCUT2D eigenvalue weighted by Crippen LogP contribution is 2.29. The van der Waals surface area contributed by atoms with Crippen LogP contribution in [0.4, 0.5) is 0 Å². The molecule has 0 aromatic rings. The van der Waals surface area contributed by atoms with E-state index < -0.39 is 0 Å². The van der Waals surface area contributed by atoms with Crippen molar-refractivity contribution in [1.29, 1.82) is 0 Å². The largest absolute Gasteiger partial charge is 0.462 e. The second kappa shape index (κ2) is 6.11. The molecule has 0 amide bonds. The van der Waals surface area contributed by atoms with Crippen molar-refractivity contribution >= 4 is 5.97 Å². The van der Waals surface area contributed by atoms with Crippen LogP contribution in [0.15, 0.2) is 0 Å². The lowest BCUT2D eigenvalue weighted by molar-refractivity contribution is -0.151. The fourth-order valence-electron chi connectivity index (χ4n) is 2.27. The summed E-state index contributed by atoms with van der Waals surface area (Å²) in [6.07, 6.45) is 5.06. The zero-order chi connectivity index (χ0) is 11.3. The third kappa shape index (κ3) is 4.20. The van der Waals surface area contributed by atoms with Gasteiger partial charge in [0.15, 0.2) is 0 Å². The Bertz CT molecular complexity index is 204. The first-order valence-corrected chi connectivity index (χ1v) is 5.97. The molecule has 1 fully saturated rings. The molecule has 3 nitrogen and oxygen atoms in total. The monoisotopic (exact) mass is 213 g/mol. The van der Waals surface area contributed by atoms with E-state index >= 15 is 0 Å². The van der Waals surface area contributed by atoms with Gasteiger partial charge in [-0.15, -0.1) is 0 Å². The van der Waals surface area contributed by atoms with Gasteiger partial charge in [0.05, 0.1) is 0 Å². The van der Waals surface area contributed by atoms with Crippen LogP contribution in [0.1, 0.15) is 39.0 Å². The van der Waals surface area contributed by atoms with Crippen LogP contribution >= 0.6 is 0 Å². The predicted molar refractivity (Wildman–Crippen MR) is 60.7 cm³/mol. The van der Waals surface area contributed by atoms with Crippen molar-refractivity contribution in [2.75, 3.05) is 20.6 Å². The van der Waals surface area contributed by atoms with Crippen molar-refractivity contribution in [1.82, 2.24) is 4.90 Å². The highest BCUT2D eigenvalue weighted by molar-refractivity contribution is 5.69. The quantitative estimate of drug-likeness (QED) is 0.655. The maximum absolute atomic E-state index is 11.4. The first kappa shape index (κ1) is 12.5. The SMILES string of the molecule is CCCC(=O)O[C@@H]1CCC[C@H]1CN(C)C. The maximum atomic E-state index is 11.4. The Morgan fingerprint density at radius 1 is 1.40 bits per heavy atom. The highest BCUT2D eigenvalue weighted by atomic mass is 16.5. The van der Waals surface area contributed by atoms with Crippen LogP contribution < -0.4 is 0 Å². The van der Waals surface area contributed by atoms with Gasteiger partial charge in [-0.05, 0) is 39.8 Å². The fraction of sp³-hybridized carbons (Fsp3) is 0.917. The molecule has 0 unspecified atom stereocenters. The Morgan fingerprint density at radius 3 is 2.73 bits per heavy atom. The van der Waals surface area contributed by atoms with Gasteiger partial charge in [-0.2, -0.15) is 0 Å². The minimum atomic E-state index is -0.0202. The molecule has 0 aliphatic heterocycles. The zero-order valence-corrected chi connectivity index (χ0v) is 10.2. The lowest BCUT2D eigenvalue weighted by Gasteiger charge is -2.23. The molecule has 0 aromatic heterocycles. The van der Waals surface area contributed by atoms with Crippen LogP contribution in [0, 0.1) is 5.92 Å². The Balaban J connectivity index is 2.35. The maximum Gasteiger partial charge on any atom is 0.306 e. The van der Waals surface area contributed by atoms with Gasteiger partial charge >= 0.3 is 5.97 Å². The molecule has 0 bridgehead atoms. The van der Waals surface area contributed by atoms with Gasteiger partial charge in [-0.3, -0.25) is 4.79 Å². The average Bonchev–Trinajstić information content (AvgIpc) is 2.52. The van der Waals surface area contributed by atoms with E-state index in [4.69, 9.17) is 4.74 Å². The zero-order valence-electron chi connectivity index (χ0n) is 10.2. The van der Waals surface area contributed by atoms with Gasteiger partial charge in [0.2, 0.25) is 0 Å². The average molecular weight is 213 g/mol. The molecule has 1 aliphatic carbocycles. The summed E-state index contributed by atoms with van der Waals surface area (Å²) in [7, 11) is 4.15. The lowest BCUT2D eigenvalue weighted by Crippen LogP contribution is -2.30. The Labute approximate surface area is 92.8 Å². The van der Waals surface area contributed by atoms with Gasteiger partial charge in [-0.25, -0.2) is 0 Å². The smallest absolute Gasteiger partial charge is 0.306 e. The van der Waals surface area contributed by atoms with Crippen LogP contribution in [0.5, 0.6) is 0 Å². The van der Waals surface area contributed by atoms with E-state index in [1.165, 1.54) is 12.8 Å². The first-order valence-electron chi connectivity index (χ1n) is 5.97. The van der Waals surface area contributed by atoms with E-state index in [0.29, 0.717) is 12.3 Å². The van der Waals surface area contributed by atoms with Gasteiger partial charge in [-0.1, -0.05) is 6.92 Å². The molecule has 1 rings (SSSR count). The van der Waals surface area contributed by atoms with E-state index in [1.807, 2.05) is 6.92 Å². The summed E-state index contributed by atoms with van der Waals surface area (Å²) < 4.78 is 5.50. The summed E-state index contributed by atoms with van der Waals surface area (Å²) in [4.78, 5) is 13.6. The van der Waals surface area contributed by atoms with E-state index in [0.717, 1.165) is 19.4 Å². The van der Waals surface area contributed by atoms with Crippen molar-refractivity contribution in [2.45, 2.75) is 45.1 Å². The number of hydrogen-bond acceptors (Lipinski definition) is 3. The third-order valence-corrected chi connectivity index (χ3v) is 2.93. The number of hydrogen-bond donors (Lipinski definition) is 0. The first-order chi connectivity index (χ1) is 7.13. The van der Waals surface area contributed by atoms with Gasteiger partial charge < -0.3 is 9.64 Å². The van der Waals surface area contributed by atoms with Crippen LogP contribution in [0.25, 0.3) is 0 Å². The molecule has 3 heteroatoms. The van der Waals surface area contributed by atoms with Crippen molar-refractivity contribution < 1.29 is 9.53 Å². The van der Waals surface area contributed by atoms with Crippen molar-refractivity contribution in [3.63, 3.8) is 0 Å². The number of esters is 1. The van der Waals surface area contributed by atoms with E-state index in [-0.39, 0.29) is 12.1 Å². The molecule has 0 saturated heterocycles. The lowest BCUT2D eigenvalue weighted by atomic mass is 10.1. The second-order valence-corrected chi connectivity index (χ2v) is 4.73. The van der Waals surface area contributed by atoms with Crippen molar-refractivity contribution in [3.8, 4) is 0 Å². The summed E-state index contributed by atoms with van der Waals surface area (Å²) in [6.45, 7) is 3.04. The summed E-state index contributed by atoms with van der Waals surface area (Å²) in [5, 5.41) is 0. The molecular weight excluding hydrogens is 190 g/mol. The molecule has 15 heavy (non-hydrogen) atoms. The van der Waals surface area contributed by atoms with E-state index in [1.54, 1.807) is 0 Å². The fourth-order valence-corrected chi connectivity index (χ4v) is 2.27. The second-order valence-electron chi connectivity index (χ2n) is 4.73. The number of carbonyl (C=O) groups excluding carboxylic acids is 1. The Kier molecular flexibility index (Phi) is 5.09.